The van der Waals surface area contributed by atoms with Crippen molar-refractivity contribution in [3.05, 3.63) is 54.1 Å². The summed E-state index contributed by atoms with van der Waals surface area (Å²) in [5.74, 6) is -1.16. The fraction of sp³-hybridized carbons (Fsp3) is 0.448. The smallest absolute Gasteiger partial charge is 0.408 e. The summed E-state index contributed by atoms with van der Waals surface area (Å²) >= 11 is 0. The van der Waals surface area contributed by atoms with Gasteiger partial charge in [-0.05, 0) is 82.5 Å². The highest BCUT2D eigenvalue weighted by Crippen LogP contribution is 2.29. The van der Waals surface area contributed by atoms with Crippen molar-refractivity contribution < 1.29 is 33.8 Å². The highest BCUT2D eigenvalue weighted by Gasteiger charge is 2.38. The SMILES string of the molecule is CCC(C)N(C(=O)C(CCC(N)=O)NC(=O)OC(C)(C)C)C(C(=O)Nc1ccc(OC)cc1)c1ccc(O)cc1. The molecule has 0 aromatic heterocycles. The number of hydrogen-bond acceptors (Lipinski definition) is 7. The maximum absolute atomic E-state index is 14.1. The molecule has 0 bridgehead atoms. The Kier molecular flexibility index (Phi) is 11.3. The Hall–Kier alpha value is -4.28. The number of methoxy groups -OCH3 is 1. The van der Waals surface area contributed by atoms with Gasteiger partial charge in [0.15, 0.2) is 0 Å². The van der Waals surface area contributed by atoms with Gasteiger partial charge in [0.25, 0.3) is 5.91 Å². The lowest BCUT2D eigenvalue weighted by Gasteiger charge is -2.38. The van der Waals surface area contributed by atoms with Crippen LogP contribution in [-0.2, 0) is 19.1 Å². The van der Waals surface area contributed by atoms with E-state index in [9.17, 15) is 24.3 Å². The summed E-state index contributed by atoms with van der Waals surface area (Å²) in [5, 5.41) is 15.3. The van der Waals surface area contributed by atoms with Gasteiger partial charge in [-0.1, -0.05) is 19.1 Å². The standard InChI is InChI=1S/C29H40N4O7/c1-7-18(2)33(27(37)23(16-17-24(30)35)32-28(38)40-29(3,4)5)25(19-8-12-21(34)13-9-19)26(36)31-20-10-14-22(39-6)15-11-20/h8-15,18,23,25,34H,7,16-17H2,1-6H3,(H2,30,35)(H,31,36)(H,32,38). The average Bonchev–Trinajstić information content (AvgIpc) is 2.88. The fourth-order valence-corrected chi connectivity index (χ4v) is 3.95. The Balaban J connectivity index is 2.54. The molecule has 2 aromatic carbocycles. The van der Waals surface area contributed by atoms with Gasteiger partial charge in [0.2, 0.25) is 11.8 Å². The Morgan fingerprint density at radius 2 is 1.62 bits per heavy atom. The second-order valence-electron chi connectivity index (χ2n) is 10.4. The van der Waals surface area contributed by atoms with E-state index >= 15 is 0 Å². The summed E-state index contributed by atoms with van der Waals surface area (Å²) in [6, 6.07) is 9.83. The van der Waals surface area contributed by atoms with Crippen molar-refractivity contribution in [2.45, 2.75) is 77.6 Å². The predicted octanol–water partition coefficient (Wildman–Crippen LogP) is 3.87. The number of hydrogen-bond donors (Lipinski definition) is 4. The van der Waals surface area contributed by atoms with Gasteiger partial charge < -0.3 is 35.8 Å². The third-order valence-electron chi connectivity index (χ3n) is 6.08. The van der Waals surface area contributed by atoms with E-state index in [1.54, 1.807) is 64.1 Å². The number of ether oxygens (including phenoxy) is 2. The molecule has 0 aliphatic heterocycles. The Morgan fingerprint density at radius 1 is 1.02 bits per heavy atom. The zero-order valence-corrected chi connectivity index (χ0v) is 23.9. The minimum absolute atomic E-state index is 0.00888. The van der Waals surface area contributed by atoms with Crippen LogP contribution >= 0.6 is 0 Å². The van der Waals surface area contributed by atoms with Crippen LogP contribution in [0.2, 0.25) is 0 Å². The Bertz CT molecular complexity index is 1160. The quantitative estimate of drug-likeness (QED) is 0.309. The molecule has 0 heterocycles. The van der Waals surface area contributed by atoms with Gasteiger partial charge in [0.1, 0.15) is 29.2 Å². The first-order valence-electron chi connectivity index (χ1n) is 13.1. The van der Waals surface area contributed by atoms with Gasteiger partial charge in [-0.2, -0.15) is 0 Å². The summed E-state index contributed by atoms with van der Waals surface area (Å²) in [6.07, 6.45) is -0.639. The summed E-state index contributed by atoms with van der Waals surface area (Å²) in [5.41, 5.74) is 5.43. The number of primary amides is 1. The third kappa shape index (κ3) is 9.48. The highest BCUT2D eigenvalue weighted by molar-refractivity contribution is 5.99. The zero-order valence-electron chi connectivity index (χ0n) is 23.9. The molecule has 0 aliphatic carbocycles. The molecule has 40 heavy (non-hydrogen) atoms. The minimum atomic E-state index is -1.20. The van der Waals surface area contributed by atoms with Crippen molar-refractivity contribution in [3.8, 4) is 11.5 Å². The van der Waals surface area contributed by atoms with E-state index < -0.39 is 47.5 Å². The molecule has 0 saturated carbocycles. The van der Waals surface area contributed by atoms with Crippen LogP contribution in [0.1, 0.15) is 65.5 Å². The summed E-state index contributed by atoms with van der Waals surface area (Å²) < 4.78 is 10.5. The van der Waals surface area contributed by atoms with E-state index in [1.165, 1.54) is 24.1 Å². The molecule has 11 heteroatoms. The number of phenols is 1. The predicted molar refractivity (Wildman–Crippen MR) is 151 cm³/mol. The average molecular weight is 557 g/mol. The van der Waals surface area contributed by atoms with Gasteiger partial charge in [0.05, 0.1) is 7.11 Å². The lowest BCUT2D eigenvalue weighted by molar-refractivity contribution is -0.143. The number of carbonyl (C=O) groups excluding carboxylic acids is 4. The number of phenolic OH excluding ortho intramolecular Hbond substituents is 1. The number of benzene rings is 2. The third-order valence-corrected chi connectivity index (χ3v) is 6.08. The number of amides is 4. The normalized spacial score (nSPS) is 13.3. The maximum Gasteiger partial charge on any atom is 0.408 e. The molecule has 2 aromatic rings. The summed E-state index contributed by atoms with van der Waals surface area (Å²) in [6.45, 7) is 8.69. The van der Waals surface area contributed by atoms with Gasteiger partial charge in [-0.15, -0.1) is 0 Å². The molecule has 0 fully saturated rings. The first kappa shape index (κ1) is 31.9. The number of aromatic hydroxyl groups is 1. The molecule has 0 saturated heterocycles. The molecular weight excluding hydrogens is 516 g/mol. The zero-order chi connectivity index (χ0) is 30.0. The number of carbonyl (C=O) groups is 4. The lowest BCUT2D eigenvalue weighted by atomic mass is 9.98. The molecule has 0 radical (unpaired) electrons. The fourth-order valence-electron chi connectivity index (χ4n) is 3.95. The topological polar surface area (TPSA) is 160 Å². The molecule has 218 valence electrons. The Labute approximate surface area is 235 Å². The molecule has 4 amide bonds. The van der Waals surface area contributed by atoms with Crippen molar-refractivity contribution in [2.24, 2.45) is 5.73 Å². The lowest BCUT2D eigenvalue weighted by Crippen LogP contribution is -2.55. The number of nitrogens with two attached hydrogens (primary N) is 1. The van der Waals surface area contributed by atoms with Crippen LogP contribution in [-0.4, -0.2) is 58.6 Å². The molecular formula is C29H40N4O7. The Morgan fingerprint density at radius 3 is 2.12 bits per heavy atom. The van der Waals surface area contributed by atoms with Gasteiger partial charge in [-0.3, -0.25) is 14.4 Å². The number of alkyl carbamates (subject to hydrolysis) is 1. The number of rotatable bonds is 12. The molecule has 0 spiro atoms. The second kappa shape index (κ2) is 14.2. The van der Waals surface area contributed by atoms with Crippen LogP contribution in [0.3, 0.4) is 0 Å². The number of nitrogens with zero attached hydrogens (tertiary/aromatic N) is 1. The van der Waals surface area contributed by atoms with Crippen LogP contribution in [0.4, 0.5) is 10.5 Å². The first-order chi connectivity index (χ1) is 18.7. The first-order valence-corrected chi connectivity index (χ1v) is 13.1. The van der Waals surface area contributed by atoms with E-state index in [1.807, 2.05) is 6.92 Å². The van der Waals surface area contributed by atoms with Gasteiger partial charge >= 0.3 is 6.09 Å². The van der Waals surface area contributed by atoms with Crippen molar-refractivity contribution in [3.63, 3.8) is 0 Å². The van der Waals surface area contributed by atoms with Crippen LogP contribution < -0.4 is 21.1 Å². The van der Waals surface area contributed by atoms with Crippen molar-refractivity contribution in [2.75, 3.05) is 12.4 Å². The molecule has 5 N–H and O–H groups in total. The second-order valence-corrected chi connectivity index (χ2v) is 10.4. The van der Waals surface area contributed by atoms with Crippen LogP contribution in [0.15, 0.2) is 48.5 Å². The van der Waals surface area contributed by atoms with E-state index in [4.69, 9.17) is 15.2 Å². The monoisotopic (exact) mass is 556 g/mol. The van der Waals surface area contributed by atoms with Crippen LogP contribution in [0.5, 0.6) is 11.5 Å². The van der Waals surface area contributed by atoms with Gasteiger partial charge in [0, 0.05) is 18.2 Å². The largest absolute Gasteiger partial charge is 0.508 e. The van der Waals surface area contributed by atoms with Crippen molar-refractivity contribution in [1.82, 2.24) is 10.2 Å². The van der Waals surface area contributed by atoms with Crippen molar-refractivity contribution >= 4 is 29.5 Å². The molecule has 2 rings (SSSR count). The van der Waals surface area contributed by atoms with E-state index in [2.05, 4.69) is 10.6 Å². The van der Waals surface area contributed by atoms with Crippen molar-refractivity contribution in [1.29, 1.82) is 0 Å². The summed E-state index contributed by atoms with van der Waals surface area (Å²) in [4.78, 5) is 53.6. The van der Waals surface area contributed by atoms with Crippen LogP contribution in [0.25, 0.3) is 0 Å². The molecule has 3 unspecified atom stereocenters. The number of anilines is 1. The maximum atomic E-state index is 14.1. The van der Waals surface area contributed by atoms with E-state index in [0.717, 1.165) is 0 Å². The summed E-state index contributed by atoms with van der Waals surface area (Å²) in [7, 11) is 1.53. The van der Waals surface area contributed by atoms with E-state index in [-0.39, 0.29) is 18.6 Å². The molecule has 11 nitrogen and oxygen atoms in total. The molecule has 3 atom stereocenters. The highest BCUT2D eigenvalue weighted by atomic mass is 16.6. The van der Waals surface area contributed by atoms with Gasteiger partial charge in [-0.25, -0.2) is 4.79 Å². The number of nitrogens with one attached hydrogen (secondary N) is 2. The van der Waals surface area contributed by atoms with E-state index in [0.29, 0.717) is 23.4 Å². The minimum Gasteiger partial charge on any atom is -0.508 e. The molecule has 0 aliphatic rings. The van der Waals surface area contributed by atoms with Crippen LogP contribution in [0, 0.1) is 0 Å².